The molecule has 28 heavy (non-hydrogen) atoms. The van der Waals surface area contributed by atoms with Crippen molar-refractivity contribution in [3.63, 3.8) is 0 Å². The molecule has 0 bridgehead atoms. The number of hydrogen-bond acceptors (Lipinski definition) is 1. The summed E-state index contributed by atoms with van der Waals surface area (Å²) in [6.45, 7) is 0. The number of carbonyl (C=O) groups is 1. The number of nitrogens with one attached hydrogen (secondary N) is 2. The second-order valence-corrected chi connectivity index (χ2v) is 7.61. The number of aromatic amines is 1. The largest absolute Gasteiger partial charge is 0.361 e. The third-order valence-corrected chi connectivity index (χ3v) is 5.69. The van der Waals surface area contributed by atoms with Crippen LogP contribution < -0.4 is 5.32 Å². The van der Waals surface area contributed by atoms with Gasteiger partial charge in [-0.05, 0) is 36.1 Å². The molecule has 1 heterocycles. The van der Waals surface area contributed by atoms with E-state index in [0.29, 0.717) is 5.56 Å². The molecule has 1 aliphatic carbocycles. The summed E-state index contributed by atoms with van der Waals surface area (Å²) in [5, 5.41) is 4.06. The van der Waals surface area contributed by atoms with Crippen molar-refractivity contribution in [2.24, 2.45) is 0 Å². The Bertz CT molecular complexity index is 976. The van der Waals surface area contributed by atoms with Gasteiger partial charge in [0.1, 0.15) is 11.6 Å². The van der Waals surface area contributed by atoms with E-state index in [4.69, 9.17) is 0 Å². The Morgan fingerprint density at radius 3 is 2.64 bits per heavy atom. The van der Waals surface area contributed by atoms with E-state index in [1.54, 1.807) is 0 Å². The Kier molecular flexibility index (Phi) is 5.42. The van der Waals surface area contributed by atoms with Gasteiger partial charge in [0.2, 0.25) is 5.91 Å². The number of H-pyrrole nitrogens is 1. The predicted octanol–water partition coefficient (Wildman–Crippen LogP) is 5.42. The molecule has 1 aromatic heterocycles. The number of para-hydroxylation sites is 1. The van der Waals surface area contributed by atoms with Crippen molar-refractivity contribution in [2.75, 3.05) is 0 Å². The number of benzene rings is 2. The topological polar surface area (TPSA) is 44.9 Å². The van der Waals surface area contributed by atoms with Gasteiger partial charge >= 0.3 is 0 Å². The predicted molar refractivity (Wildman–Crippen MR) is 106 cm³/mol. The molecule has 146 valence electrons. The fourth-order valence-corrected chi connectivity index (χ4v) is 4.27. The van der Waals surface area contributed by atoms with Crippen molar-refractivity contribution < 1.29 is 13.6 Å². The zero-order valence-electron chi connectivity index (χ0n) is 15.7. The smallest absolute Gasteiger partial charge is 0.221 e. The first kappa shape index (κ1) is 18.7. The van der Waals surface area contributed by atoms with Crippen LogP contribution in [0.15, 0.2) is 48.7 Å². The number of hydrogen-bond donors (Lipinski definition) is 2. The fourth-order valence-electron chi connectivity index (χ4n) is 4.27. The average molecular weight is 382 g/mol. The summed E-state index contributed by atoms with van der Waals surface area (Å²) in [5.74, 6) is -1.82. The van der Waals surface area contributed by atoms with E-state index < -0.39 is 17.6 Å². The first-order valence-corrected chi connectivity index (χ1v) is 9.92. The van der Waals surface area contributed by atoms with Crippen LogP contribution in [-0.4, -0.2) is 16.9 Å². The van der Waals surface area contributed by atoms with Crippen molar-refractivity contribution in [3.05, 3.63) is 71.4 Å². The van der Waals surface area contributed by atoms with Crippen LogP contribution in [0.4, 0.5) is 8.78 Å². The summed E-state index contributed by atoms with van der Waals surface area (Å²) in [4.78, 5) is 16.0. The zero-order valence-corrected chi connectivity index (χ0v) is 15.7. The lowest BCUT2D eigenvalue weighted by molar-refractivity contribution is -0.122. The lowest BCUT2D eigenvalue weighted by atomic mass is 9.87. The number of rotatable bonds is 5. The summed E-state index contributed by atoms with van der Waals surface area (Å²) >= 11 is 0. The molecule has 0 spiro atoms. The van der Waals surface area contributed by atoms with Crippen molar-refractivity contribution >= 4 is 16.8 Å². The molecule has 5 heteroatoms. The van der Waals surface area contributed by atoms with Gasteiger partial charge in [0, 0.05) is 41.5 Å². The molecule has 1 saturated carbocycles. The second kappa shape index (κ2) is 8.13. The fraction of sp³-hybridized carbons (Fsp3) is 0.348. The maximum Gasteiger partial charge on any atom is 0.221 e. The molecular weight excluding hydrogens is 358 g/mol. The highest BCUT2D eigenvalue weighted by Gasteiger charge is 2.25. The van der Waals surface area contributed by atoms with Crippen molar-refractivity contribution in [2.45, 2.75) is 50.5 Å². The van der Waals surface area contributed by atoms with Gasteiger partial charge in [0.25, 0.3) is 0 Å². The van der Waals surface area contributed by atoms with Gasteiger partial charge in [0.15, 0.2) is 0 Å². The molecule has 2 N–H and O–H groups in total. The van der Waals surface area contributed by atoms with Crippen molar-refractivity contribution in [1.29, 1.82) is 0 Å². The van der Waals surface area contributed by atoms with Crippen molar-refractivity contribution in [3.8, 4) is 0 Å². The van der Waals surface area contributed by atoms with Crippen LogP contribution in [-0.2, 0) is 4.79 Å². The molecule has 3 aromatic rings. The Labute approximate surface area is 163 Å². The van der Waals surface area contributed by atoms with E-state index in [-0.39, 0.29) is 18.4 Å². The summed E-state index contributed by atoms with van der Waals surface area (Å²) in [6, 6.07) is 11.5. The first-order chi connectivity index (χ1) is 13.6. The number of halogens is 2. The van der Waals surface area contributed by atoms with Crippen LogP contribution in [0.3, 0.4) is 0 Å². The Balaban J connectivity index is 1.66. The summed E-state index contributed by atoms with van der Waals surface area (Å²) < 4.78 is 28.1. The lowest BCUT2D eigenvalue weighted by Crippen LogP contribution is -2.36. The first-order valence-electron chi connectivity index (χ1n) is 9.92. The van der Waals surface area contributed by atoms with Gasteiger partial charge in [-0.25, -0.2) is 8.78 Å². The van der Waals surface area contributed by atoms with Gasteiger partial charge in [-0.15, -0.1) is 0 Å². The van der Waals surface area contributed by atoms with E-state index >= 15 is 0 Å². The molecule has 0 radical (unpaired) electrons. The van der Waals surface area contributed by atoms with Crippen molar-refractivity contribution in [1.82, 2.24) is 10.3 Å². The Hall–Kier alpha value is -2.69. The third kappa shape index (κ3) is 3.93. The Morgan fingerprint density at radius 2 is 1.86 bits per heavy atom. The number of carbonyl (C=O) groups excluding carboxylic acids is 1. The van der Waals surface area contributed by atoms with Crippen LogP contribution in [0.5, 0.6) is 0 Å². The standard InChI is InChI=1S/C23H24F2N2O/c24-15-10-11-17(21(25)12-15)19(13-23(28)27-16-6-2-1-3-7-16)20-14-26-22-9-5-4-8-18(20)22/h4-5,8-12,14,16,19,26H,1-3,6-7,13H2,(H,27,28). The highest BCUT2D eigenvalue weighted by atomic mass is 19.1. The molecule has 0 aliphatic heterocycles. The number of fused-ring (bicyclic) bond motifs is 1. The van der Waals surface area contributed by atoms with E-state index in [2.05, 4.69) is 10.3 Å². The molecule has 1 amide bonds. The second-order valence-electron chi connectivity index (χ2n) is 7.61. The highest BCUT2D eigenvalue weighted by Crippen LogP contribution is 2.35. The number of aromatic nitrogens is 1. The zero-order chi connectivity index (χ0) is 19.5. The minimum absolute atomic E-state index is 0.0918. The van der Waals surface area contributed by atoms with Crippen LogP contribution in [0.25, 0.3) is 10.9 Å². The molecule has 0 saturated heterocycles. The maximum absolute atomic E-state index is 14.6. The van der Waals surface area contributed by atoms with E-state index in [1.165, 1.54) is 18.6 Å². The van der Waals surface area contributed by atoms with Gasteiger partial charge in [0.05, 0.1) is 0 Å². The summed E-state index contributed by atoms with van der Waals surface area (Å²) in [7, 11) is 0. The minimum atomic E-state index is -0.624. The molecular formula is C23H24F2N2O. The third-order valence-electron chi connectivity index (χ3n) is 5.69. The monoisotopic (exact) mass is 382 g/mol. The normalized spacial score (nSPS) is 16.2. The Morgan fingerprint density at radius 1 is 1.07 bits per heavy atom. The highest BCUT2D eigenvalue weighted by molar-refractivity contribution is 5.86. The quantitative estimate of drug-likeness (QED) is 0.608. The molecule has 2 aromatic carbocycles. The lowest BCUT2D eigenvalue weighted by Gasteiger charge is -2.24. The summed E-state index contributed by atoms with van der Waals surface area (Å²) in [5.41, 5.74) is 2.11. The number of amides is 1. The van der Waals surface area contributed by atoms with E-state index in [9.17, 15) is 13.6 Å². The van der Waals surface area contributed by atoms with E-state index in [0.717, 1.165) is 48.2 Å². The maximum atomic E-state index is 14.6. The molecule has 1 atom stereocenters. The molecule has 1 fully saturated rings. The summed E-state index contributed by atoms with van der Waals surface area (Å²) in [6.07, 6.45) is 7.41. The molecule has 4 rings (SSSR count). The SMILES string of the molecule is O=C(CC(c1ccc(F)cc1F)c1c[nH]c2ccccc12)NC1CCCCC1. The van der Waals surface area contributed by atoms with Gasteiger partial charge in [-0.2, -0.15) is 0 Å². The van der Waals surface area contributed by atoms with Gasteiger partial charge < -0.3 is 10.3 Å². The van der Waals surface area contributed by atoms with Crippen LogP contribution in [0.2, 0.25) is 0 Å². The molecule has 1 unspecified atom stereocenters. The van der Waals surface area contributed by atoms with Crippen LogP contribution in [0, 0.1) is 11.6 Å². The van der Waals surface area contributed by atoms with Crippen LogP contribution >= 0.6 is 0 Å². The van der Waals surface area contributed by atoms with Gasteiger partial charge in [-0.1, -0.05) is 43.5 Å². The minimum Gasteiger partial charge on any atom is -0.361 e. The molecule has 1 aliphatic rings. The average Bonchev–Trinajstić information content (AvgIpc) is 3.11. The van der Waals surface area contributed by atoms with Crippen LogP contribution in [0.1, 0.15) is 55.6 Å². The molecule has 3 nitrogen and oxygen atoms in total. The van der Waals surface area contributed by atoms with E-state index in [1.807, 2.05) is 30.5 Å². The van der Waals surface area contributed by atoms with Gasteiger partial charge in [-0.3, -0.25) is 4.79 Å².